The third-order valence-electron chi connectivity index (χ3n) is 2.87. The number of nitrogens with one attached hydrogen (secondary N) is 1. The number of hydrogen-bond acceptors (Lipinski definition) is 4. The zero-order chi connectivity index (χ0) is 11.4. The molecule has 2 N–H and O–H groups in total. The van der Waals surface area contributed by atoms with Crippen molar-refractivity contribution in [3.63, 3.8) is 0 Å². The van der Waals surface area contributed by atoms with Crippen molar-refractivity contribution >= 4 is 0 Å². The van der Waals surface area contributed by atoms with Gasteiger partial charge in [0, 0.05) is 11.8 Å². The molecule has 16 heavy (non-hydrogen) atoms. The molecule has 1 aliphatic rings. The molecule has 0 aromatic carbocycles. The van der Waals surface area contributed by atoms with Crippen molar-refractivity contribution in [2.24, 2.45) is 0 Å². The van der Waals surface area contributed by atoms with Crippen LogP contribution in [0.1, 0.15) is 19.0 Å². The van der Waals surface area contributed by atoms with E-state index in [0.29, 0.717) is 12.5 Å². The van der Waals surface area contributed by atoms with Crippen molar-refractivity contribution in [1.82, 2.24) is 10.3 Å². The monoisotopic (exact) mass is 222 g/mol. The van der Waals surface area contributed by atoms with E-state index in [2.05, 4.69) is 17.2 Å². The predicted molar refractivity (Wildman–Crippen MR) is 61.5 cm³/mol. The van der Waals surface area contributed by atoms with Crippen LogP contribution >= 0.6 is 0 Å². The van der Waals surface area contributed by atoms with E-state index in [1.165, 1.54) is 0 Å². The highest BCUT2D eigenvalue weighted by Crippen LogP contribution is 2.11. The lowest BCUT2D eigenvalue weighted by atomic mass is 10.2. The zero-order valence-electron chi connectivity index (χ0n) is 9.52. The molecule has 0 aliphatic carbocycles. The molecule has 0 saturated carbocycles. The van der Waals surface area contributed by atoms with Gasteiger partial charge in [0.05, 0.1) is 12.1 Å². The summed E-state index contributed by atoms with van der Waals surface area (Å²) < 4.78 is 5.57. The third kappa shape index (κ3) is 2.71. The second-order valence-electron chi connectivity index (χ2n) is 4.05. The van der Waals surface area contributed by atoms with Crippen molar-refractivity contribution in [3.8, 4) is 5.88 Å². The molecule has 1 aromatic rings. The Balaban J connectivity index is 1.88. The molecule has 2 rings (SSSR count). The van der Waals surface area contributed by atoms with Gasteiger partial charge in [-0.15, -0.1) is 0 Å². The van der Waals surface area contributed by atoms with Gasteiger partial charge in [0.15, 0.2) is 0 Å². The van der Waals surface area contributed by atoms with E-state index in [-0.39, 0.29) is 12.1 Å². The van der Waals surface area contributed by atoms with Gasteiger partial charge in [-0.2, -0.15) is 0 Å². The number of pyridine rings is 1. The number of ether oxygens (including phenoxy) is 1. The first kappa shape index (κ1) is 11.4. The largest absolute Gasteiger partial charge is 0.476 e. The molecule has 4 nitrogen and oxygen atoms in total. The topological polar surface area (TPSA) is 54.4 Å². The summed E-state index contributed by atoms with van der Waals surface area (Å²) in [6.07, 6.45) is 1.41. The second-order valence-corrected chi connectivity index (χ2v) is 4.05. The highest BCUT2D eigenvalue weighted by molar-refractivity contribution is 5.15. The van der Waals surface area contributed by atoms with Gasteiger partial charge in [0.2, 0.25) is 5.88 Å². The number of aliphatic hydroxyl groups excluding tert-OH is 1. The Morgan fingerprint density at radius 3 is 3.12 bits per heavy atom. The molecule has 2 heterocycles. The van der Waals surface area contributed by atoms with E-state index in [1.807, 2.05) is 18.2 Å². The fraction of sp³-hybridized carbons (Fsp3) is 0.583. The average Bonchev–Trinajstić information content (AvgIpc) is 2.72. The van der Waals surface area contributed by atoms with Crippen molar-refractivity contribution in [3.05, 3.63) is 23.9 Å². The van der Waals surface area contributed by atoms with Gasteiger partial charge in [-0.3, -0.25) is 0 Å². The molecule has 0 spiro atoms. The van der Waals surface area contributed by atoms with Crippen LogP contribution in [-0.2, 0) is 6.42 Å². The van der Waals surface area contributed by atoms with Gasteiger partial charge in [-0.25, -0.2) is 4.98 Å². The normalized spacial score (nSPS) is 24.6. The van der Waals surface area contributed by atoms with Gasteiger partial charge in [0.25, 0.3) is 0 Å². The molecule has 4 heteroatoms. The number of aliphatic hydroxyl groups is 1. The summed E-state index contributed by atoms with van der Waals surface area (Å²) in [7, 11) is 0. The van der Waals surface area contributed by atoms with Crippen LogP contribution in [0.3, 0.4) is 0 Å². The van der Waals surface area contributed by atoms with Crippen LogP contribution < -0.4 is 10.1 Å². The Morgan fingerprint density at radius 1 is 1.56 bits per heavy atom. The quantitative estimate of drug-likeness (QED) is 0.789. The van der Waals surface area contributed by atoms with Crippen molar-refractivity contribution in [2.45, 2.75) is 31.9 Å². The van der Waals surface area contributed by atoms with Crippen LogP contribution in [-0.4, -0.2) is 35.4 Å². The van der Waals surface area contributed by atoms with Crippen LogP contribution in [0.2, 0.25) is 0 Å². The van der Waals surface area contributed by atoms with Crippen LogP contribution in [0.4, 0.5) is 0 Å². The summed E-state index contributed by atoms with van der Waals surface area (Å²) in [4.78, 5) is 4.35. The molecule has 2 atom stereocenters. The van der Waals surface area contributed by atoms with Crippen LogP contribution in [0, 0.1) is 0 Å². The Hall–Kier alpha value is -1.13. The van der Waals surface area contributed by atoms with Gasteiger partial charge in [-0.05, 0) is 25.5 Å². The van der Waals surface area contributed by atoms with Gasteiger partial charge in [0.1, 0.15) is 6.61 Å². The molecule has 1 aromatic heterocycles. The zero-order valence-corrected chi connectivity index (χ0v) is 9.52. The van der Waals surface area contributed by atoms with Crippen molar-refractivity contribution < 1.29 is 9.84 Å². The summed E-state index contributed by atoms with van der Waals surface area (Å²) in [5.41, 5.74) is 1.03. The summed E-state index contributed by atoms with van der Waals surface area (Å²) in [6, 6.07) is 5.81. The first-order valence-corrected chi connectivity index (χ1v) is 5.79. The van der Waals surface area contributed by atoms with E-state index >= 15 is 0 Å². The minimum Gasteiger partial charge on any atom is -0.476 e. The first-order valence-electron chi connectivity index (χ1n) is 5.79. The molecule has 1 aliphatic heterocycles. The molecule has 0 bridgehead atoms. The smallest absolute Gasteiger partial charge is 0.213 e. The fourth-order valence-corrected chi connectivity index (χ4v) is 1.83. The lowest BCUT2D eigenvalue weighted by molar-refractivity contribution is 0.126. The van der Waals surface area contributed by atoms with E-state index in [9.17, 15) is 5.11 Å². The molecule has 2 unspecified atom stereocenters. The highest BCUT2D eigenvalue weighted by Gasteiger charge is 2.25. The van der Waals surface area contributed by atoms with E-state index in [0.717, 1.165) is 25.1 Å². The maximum atomic E-state index is 9.60. The molecule has 0 radical (unpaired) electrons. The SMILES string of the molecule is CCc1cccc(OCC2NCCC2O)n1. The third-order valence-corrected chi connectivity index (χ3v) is 2.87. The molecular weight excluding hydrogens is 204 g/mol. The second kappa shape index (κ2) is 5.27. The number of rotatable bonds is 4. The molecular formula is C12H18N2O2. The highest BCUT2D eigenvalue weighted by atomic mass is 16.5. The van der Waals surface area contributed by atoms with Crippen molar-refractivity contribution in [1.29, 1.82) is 0 Å². The molecule has 0 amide bonds. The Morgan fingerprint density at radius 2 is 2.44 bits per heavy atom. The van der Waals surface area contributed by atoms with E-state index in [1.54, 1.807) is 0 Å². The Bertz CT molecular complexity index is 344. The maximum Gasteiger partial charge on any atom is 0.213 e. The number of aryl methyl sites for hydroxylation is 1. The Labute approximate surface area is 95.7 Å². The summed E-state index contributed by atoms with van der Waals surface area (Å²) >= 11 is 0. The average molecular weight is 222 g/mol. The van der Waals surface area contributed by atoms with E-state index in [4.69, 9.17) is 4.74 Å². The van der Waals surface area contributed by atoms with Gasteiger partial charge < -0.3 is 15.2 Å². The Kier molecular flexibility index (Phi) is 3.74. The van der Waals surface area contributed by atoms with Gasteiger partial charge in [-0.1, -0.05) is 13.0 Å². The summed E-state index contributed by atoms with van der Waals surface area (Å²) in [6.45, 7) is 3.40. The lowest BCUT2D eigenvalue weighted by Crippen LogP contribution is -2.36. The number of nitrogens with zero attached hydrogens (tertiary/aromatic N) is 1. The molecule has 88 valence electrons. The van der Waals surface area contributed by atoms with Crippen LogP contribution in [0.15, 0.2) is 18.2 Å². The van der Waals surface area contributed by atoms with Crippen molar-refractivity contribution in [2.75, 3.05) is 13.2 Å². The first-order chi connectivity index (χ1) is 7.79. The van der Waals surface area contributed by atoms with Gasteiger partial charge >= 0.3 is 0 Å². The summed E-state index contributed by atoms with van der Waals surface area (Å²) in [5.74, 6) is 0.639. The maximum absolute atomic E-state index is 9.60. The minimum atomic E-state index is -0.297. The minimum absolute atomic E-state index is 0.0343. The number of aromatic nitrogens is 1. The predicted octanol–water partition coefficient (Wildman–Crippen LogP) is 0.746. The molecule has 1 saturated heterocycles. The lowest BCUT2D eigenvalue weighted by Gasteiger charge is -2.15. The van der Waals surface area contributed by atoms with Crippen LogP contribution in [0.25, 0.3) is 0 Å². The molecule has 1 fully saturated rings. The standard InChI is InChI=1S/C12H18N2O2/c1-2-9-4-3-5-12(14-9)16-8-10-11(15)6-7-13-10/h3-5,10-11,13,15H,2,6-8H2,1H3. The fourth-order valence-electron chi connectivity index (χ4n) is 1.83. The summed E-state index contributed by atoms with van der Waals surface area (Å²) in [5, 5.41) is 12.8. The van der Waals surface area contributed by atoms with E-state index < -0.39 is 0 Å². The number of hydrogen-bond donors (Lipinski definition) is 2. The van der Waals surface area contributed by atoms with Crippen LogP contribution in [0.5, 0.6) is 5.88 Å².